The number of nitrogens with zero attached hydrogens (tertiary/aromatic N) is 3. The Labute approximate surface area is 186 Å². The lowest BCUT2D eigenvalue weighted by Crippen LogP contribution is -2.26. The van der Waals surface area contributed by atoms with Crippen molar-refractivity contribution in [1.29, 1.82) is 0 Å². The van der Waals surface area contributed by atoms with Gasteiger partial charge in [0.1, 0.15) is 5.75 Å². The molecule has 0 aliphatic rings. The second-order valence-electron chi connectivity index (χ2n) is 7.48. The van der Waals surface area contributed by atoms with E-state index in [-0.39, 0.29) is 17.3 Å². The molecule has 0 unspecified atom stereocenters. The van der Waals surface area contributed by atoms with Gasteiger partial charge in [0, 0.05) is 13.2 Å². The Morgan fingerprint density at radius 3 is 2.44 bits per heavy atom. The normalized spacial score (nSPS) is 11.4. The molecule has 1 heterocycles. The first-order valence-corrected chi connectivity index (χ1v) is 11.5. The van der Waals surface area contributed by atoms with Crippen LogP contribution in [0.15, 0.2) is 84.0 Å². The molecule has 0 N–H and O–H groups in total. The van der Waals surface area contributed by atoms with Crippen LogP contribution in [0, 0.1) is 6.92 Å². The third-order valence-electron chi connectivity index (χ3n) is 5.12. The lowest BCUT2D eigenvalue weighted by atomic mass is 10.1. The van der Waals surface area contributed by atoms with Gasteiger partial charge in [-0.3, -0.25) is 13.8 Å². The van der Waals surface area contributed by atoms with E-state index in [4.69, 9.17) is 4.74 Å². The quantitative estimate of drug-likeness (QED) is 0.313. The van der Waals surface area contributed by atoms with Gasteiger partial charge in [-0.05, 0) is 59.7 Å². The number of aryl methyl sites for hydroxylation is 2. The van der Waals surface area contributed by atoms with Gasteiger partial charge in [0.05, 0.1) is 29.7 Å². The maximum Gasteiger partial charge on any atom is 0.313 e. The molecule has 0 atom stereocenters. The van der Waals surface area contributed by atoms with Gasteiger partial charge < -0.3 is 4.74 Å². The SMILES string of the molecule is Cc1cnn(CCC(=O)Oc2ccc(N(C)S(=O)(=O)c3ccc4ccccc4c3)cc2)c1. The first kappa shape index (κ1) is 21.6. The van der Waals surface area contributed by atoms with Crippen LogP contribution in [-0.4, -0.2) is 31.2 Å². The average Bonchev–Trinajstić information content (AvgIpc) is 3.22. The molecule has 0 bridgehead atoms. The van der Waals surface area contributed by atoms with E-state index in [1.54, 1.807) is 53.3 Å². The number of rotatable bonds is 7. The Morgan fingerprint density at radius 2 is 1.75 bits per heavy atom. The van der Waals surface area contributed by atoms with Gasteiger partial charge in [0.2, 0.25) is 0 Å². The van der Waals surface area contributed by atoms with Crippen molar-refractivity contribution in [2.45, 2.75) is 24.8 Å². The van der Waals surface area contributed by atoms with E-state index in [0.717, 1.165) is 16.3 Å². The minimum atomic E-state index is -3.74. The summed E-state index contributed by atoms with van der Waals surface area (Å²) in [6.45, 7) is 2.36. The number of hydrogen-bond donors (Lipinski definition) is 0. The molecular weight excluding hydrogens is 426 g/mol. The summed E-state index contributed by atoms with van der Waals surface area (Å²) in [6.07, 6.45) is 3.76. The van der Waals surface area contributed by atoms with Crippen LogP contribution in [0.2, 0.25) is 0 Å². The van der Waals surface area contributed by atoms with Crippen LogP contribution in [0.3, 0.4) is 0 Å². The van der Waals surface area contributed by atoms with Crippen molar-refractivity contribution >= 4 is 32.5 Å². The smallest absolute Gasteiger partial charge is 0.313 e. The van der Waals surface area contributed by atoms with Crippen LogP contribution in [0.5, 0.6) is 5.75 Å². The van der Waals surface area contributed by atoms with Gasteiger partial charge in [-0.1, -0.05) is 30.3 Å². The summed E-state index contributed by atoms with van der Waals surface area (Å²) < 4.78 is 34.4. The molecule has 0 fully saturated rings. The third-order valence-corrected chi connectivity index (χ3v) is 6.90. The number of aromatic nitrogens is 2. The molecule has 0 aliphatic heterocycles. The van der Waals surface area contributed by atoms with Gasteiger partial charge in [0.15, 0.2) is 0 Å². The zero-order valence-electron chi connectivity index (χ0n) is 17.8. The van der Waals surface area contributed by atoms with Gasteiger partial charge in [-0.2, -0.15) is 5.10 Å². The summed E-state index contributed by atoms with van der Waals surface area (Å²) in [5.41, 5.74) is 1.49. The van der Waals surface area contributed by atoms with Crippen LogP contribution in [0.4, 0.5) is 5.69 Å². The third kappa shape index (κ3) is 4.65. The van der Waals surface area contributed by atoms with Crippen LogP contribution in [-0.2, 0) is 21.4 Å². The fourth-order valence-electron chi connectivity index (χ4n) is 3.33. The lowest BCUT2D eigenvalue weighted by Gasteiger charge is -2.20. The minimum Gasteiger partial charge on any atom is -0.426 e. The van der Waals surface area contributed by atoms with Crippen molar-refractivity contribution in [3.05, 3.63) is 84.7 Å². The van der Waals surface area contributed by atoms with Crippen molar-refractivity contribution in [3.8, 4) is 5.75 Å². The minimum absolute atomic E-state index is 0.180. The molecule has 0 saturated heterocycles. The predicted molar refractivity (Wildman–Crippen MR) is 123 cm³/mol. The van der Waals surface area contributed by atoms with Crippen molar-refractivity contribution in [2.75, 3.05) is 11.4 Å². The molecule has 1 aromatic heterocycles. The highest BCUT2D eigenvalue weighted by atomic mass is 32.2. The number of esters is 1. The fraction of sp³-hybridized carbons (Fsp3) is 0.167. The molecule has 4 aromatic rings. The van der Waals surface area contributed by atoms with Gasteiger partial charge in [-0.15, -0.1) is 0 Å². The zero-order chi connectivity index (χ0) is 22.7. The van der Waals surface area contributed by atoms with Crippen molar-refractivity contribution in [2.24, 2.45) is 0 Å². The highest BCUT2D eigenvalue weighted by Gasteiger charge is 2.21. The Morgan fingerprint density at radius 1 is 1.03 bits per heavy atom. The summed E-state index contributed by atoms with van der Waals surface area (Å²) >= 11 is 0. The zero-order valence-corrected chi connectivity index (χ0v) is 18.6. The van der Waals surface area contributed by atoms with Crippen molar-refractivity contribution < 1.29 is 17.9 Å². The second-order valence-corrected chi connectivity index (χ2v) is 9.45. The summed E-state index contributed by atoms with van der Waals surface area (Å²) in [6, 6.07) is 19.0. The molecule has 0 aliphatic carbocycles. The van der Waals surface area contributed by atoms with Gasteiger partial charge in [-0.25, -0.2) is 8.42 Å². The molecular formula is C24H23N3O4S. The highest BCUT2D eigenvalue weighted by Crippen LogP contribution is 2.26. The van der Waals surface area contributed by atoms with Crippen LogP contribution in [0.1, 0.15) is 12.0 Å². The highest BCUT2D eigenvalue weighted by molar-refractivity contribution is 7.92. The first-order chi connectivity index (χ1) is 15.3. The summed E-state index contributed by atoms with van der Waals surface area (Å²) in [4.78, 5) is 12.3. The van der Waals surface area contributed by atoms with E-state index < -0.39 is 10.0 Å². The van der Waals surface area contributed by atoms with Crippen molar-refractivity contribution in [3.63, 3.8) is 0 Å². The topological polar surface area (TPSA) is 81.5 Å². The molecule has 164 valence electrons. The molecule has 0 saturated carbocycles. The summed E-state index contributed by atoms with van der Waals surface area (Å²) in [5.74, 6) is -0.0325. The number of sulfonamides is 1. The molecule has 4 rings (SSSR count). The van der Waals surface area contributed by atoms with Crippen LogP contribution < -0.4 is 9.04 Å². The Bertz CT molecular complexity index is 1360. The van der Waals surface area contributed by atoms with Gasteiger partial charge in [0.25, 0.3) is 10.0 Å². The lowest BCUT2D eigenvalue weighted by molar-refractivity contribution is -0.134. The number of carbonyl (C=O) groups excluding carboxylic acids is 1. The number of carbonyl (C=O) groups is 1. The van der Waals surface area contributed by atoms with E-state index in [1.807, 2.05) is 37.4 Å². The first-order valence-electron chi connectivity index (χ1n) is 10.1. The Balaban J connectivity index is 1.43. The molecule has 0 amide bonds. The summed E-state index contributed by atoms with van der Waals surface area (Å²) in [7, 11) is -2.24. The van der Waals surface area contributed by atoms with Crippen molar-refractivity contribution in [1.82, 2.24) is 9.78 Å². The Kier molecular flexibility index (Phi) is 5.96. The van der Waals surface area contributed by atoms with E-state index in [1.165, 1.54) is 11.4 Å². The number of fused-ring (bicyclic) bond motifs is 1. The molecule has 32 heavy (non-hydrogen) atoms. The standard InChI is InChI=1S/C24H23N3O4S/c1-18-16-25-27(17-18)14-13-24(28)31-22-10-8-21(9-11-22)26(2)32(29,30)23-12-7-19-5-3-4-6-20(19)15-23/h3-12,15-17H,13-14H2,1-2H3. The largest absolute Gasteiger partial charge is 0.426 e. The van der Waals surface area contributed by atoms with Gasteiger partial charge >= 0.3 is 5.97 Å². The Hall–Kier alpha value is -3.65. The molecule has 7 nitrogen and oxygen atoms in total. The van der Waals surface area contributed by atoms with E-state index in [0.29, 0.717) is 18.0 Å². The average molecular weight is 450 g/mol. The maximum absolute atomic E-state index is 13.1. The number of benzene rings is 3. The molecule has 0 spiro atoms. The van der Waals surface area contributed by atoms with Crippen LogP contribution >= 0.6 is 0 Å². The molecule has 0 radical (unpaired) electrons. The molecule has 3 aromatic carbocycles. The van der Waals surface area contributed by atoms with E-state index in [9.17, 15) is 13.2 Å². The van der Waals surface area contributed by atoms with E-state index in [2.05, 4.69) is 5.10 Å². The maximum atomic E-state index is 13.1. The second kappa shape index (κ2) is 8.84. The predicted octanol–water partition coefficient (Wildman–Crippen LogP) is 4.17. The molecule has 8 heteroatoms. The number of hydrogen-bond acceptors (Lipinski definition) is 5. The van der Waals surface area contributed by atoms with E-state index >= 15 is 0 Å². The summed E-state index contributed by atoms with van der Waals surface area (Å²) in [5, 5.41) is 5.97. The fourth-order valence-corrected chi connectivity index (χ4v) is 4.56. The number of anilines is 1. The van der Waals surface area contributed by atoms with Crippen LogP contribution in [0.25, 0.3) is 10.8 Å². The number of ether oxygens (including phenoxy) is 1. The monoisotopic (exact) mass is 449 g/mol.